The summed E-state index contributed by atoms with van der Waals surface area (Å²) in [6, 6.07) is 106. The van der Waals surface area contributed by atoms with Crippen LogP contribution in [0.25, 0.3) is 89.1 Å². The largest absolute Gasteiger partial charge is 0.265 e. The third-order valence-electron chi connectivity index (χ3n) is 16.6. The Kier molecular flexibility index (Phi) is 30.2. The Morgan fingerprint density at radius 2 is 0.524 bits per heavy atom. The fourth-order valence-corrected chi connectivity index (χ4v) is 10.8. The predicted molar refractivity (Wildman–Crippen MR) is 437 cm³/mol. The highest BCUT2D eigenvalue weighted by atomic mass is 19.1. The lowest BCUT2D eigenvalue weighted by Gasteiger charge is -2.03. The number of hydrogen-bond donors (Lipinski definition) is 0. The highest BCUT2D eigenvalue weighted by molar-refractivity contribution is 5.69. The maximum Gasteiger partial charge on any atom is 0.123 e. The zero-order chi connectivity index (χ0) is 73.6. The van der Waals surface area contributed by atoms with Crippen molar-refractivity contribution in [1.29, 1.82) is 0 Å². The smallest absolute Gasteiger partial charge is 0.123 e. The molecule has 0 unspecified atom stereocenters. The lowest BCUT2D eigenvalue weighted by molar-refractivity contribution is 0.628. The summed E-state index contributed by atoms with van der Waals surface area (Å²) in [4.78, 5) is 28.7. The van der Waals surface area contributed by atoms with E-state index in [9.17, 15) is 4.39 Å². The molecule has 0 saturated carbocycles. The molecule has 105 heavy (non-hydrogen) atoms. The van der Waals surface area contributed by atoms with Gasteiger partial charge in [0, 0.05) is 91.2 Å². The predicted octanol–water partition coefficient (Wildman–Crippen LogP) is 25.2. The topological polar surface area (TPSA) is 90.2 Å². The minimum absolute atomic E-state index is 0.194. The summed E-state index contributed by atoms with van der Waals surface area (Å²) >= 11 is 0. The van der Waals surface area contributed by atoms with Crippen molar-refractivity contribution in [3.05, 3.63) is 440 Å². The van der Waals surface area contributed by atoms with E-state index < -0.39 is 0 Å². The molecule has 0 aliphatic rings. The van der Waals surface area contributed by atoms with Crippen molar-refractivity contribution < 1.29 is 4.39 Å². The molecule has 0 radical (unpaired) electrons. The molecule has 0 fully saturated rings. The highest BCUT2D eigenvalue weighted by Crippen LogP contribution is 2.26. The van der Waals surface area contributed by atoms with E-state index in [-0.39, 0.29) is 5.82 Å². The fourth-order valence-electron chi connectivity index (χ4n) is 10.8. The summed E-state index contributed by atoms with van der Waals surface area (Å²) in [5, 5.41) is 0. The number of nitrogens with zero attached hydrogens (tertiary/aromatic N) is 7. The number of halogens is 1. The number of hydrogen-bond acceptors (Lipinski definition) is 7. The molecular weight excluding hydrogens is 1280 g/mol. The Labute approximate surface area is 620 Å². The van der Waals surface area contributed by atoms with Gasteiger partial charge >= 0.3 is 0 Å². The first-order chi connectivity index (χ1) is 51.3. The lowest BCUT2D eigenvalue weighted by Crippen LogP contribution is -1.84. The van der Waals surface area contributed by atoms with Gasteiger partial charge in [0.2, 0.25) is 0 Å². The van der Waals surface area contributed by atoms with Crippen molar-refractivity contribution in [3.8, 4) is 89.1 Å². The van der Waals surface area contributed by atoms with Crippen LogP contribution >= 0.6 is 0 Å². The van der Waals surface area contributed by atoms with Gasteiger partial charge in [-0.3, -0.25) is 34.9 Å². The number of benzene rings is 9. The molecule has 0 amide bonds. The van der Waals surface area contributed by atoms with E-state index in [0.717, 1.165) is 22.5 Å². The molecule has 0 N–H and O–H groups in total. The first-order valence-electron chi connectivity index (χ1n) is 34.9. The van der Waals surface area contributed by atoms with E-state index in [1.54, 1.807) is 30.7 Å². The summed E-state index contributed by atoms with van der Waals surface area (Å²) in [5.74, 6) is -0.194. The Bertz CT molecular complexity index is 4700. The number of pyridine rings is 7. The second-order valence-corrected chi connectivity index (χ2v) is 24.9. The maximum absolute atomic E-state index is 12.7. The van der Waals surface area contributed by atoms with Crippen LogP contribution in [-0.2, 0) is 0 Å². The molecule has 7 aromatic heterocycles. The van der Waals surface area contributed by atoms with Crippen LogP contribution < -0.4 is 0 Å². The first-order valence-corrected chi connectivity index (χ1v) is 34.9. The van der Waals surface area contributed by atoms with Gasteiger partial charge in [0.15, 0.2) is 0 Å². The van der Waals surface area contributed by atoms with Crippen LogP contribution in [0.2, 0.25) is 0 Å². The molecule has 7 nitrogen and oxygen atoms in total. The van der Waals surface area contributed by atoms with Crippen LogP contribution in [0.3, 0.4) is 0 Å². The van der Waals surface area contributed by atoms with E-state index >= 15 is 0 Å². The SMILES string of the molecule is Cc1ccc(-c2ccc(F)cc2)cc1.Cc1ccc(-c2cccnc2)cc1.Cc1ccc(-c2ccncc2)cc1.Cc1cccc(-c2ccccc2)n1.Cc1cccc(-c2cccnc2)c1.Cc1cccc(-c2ccncc2)c1.Cc1ccccc1-c1cccnc1.Cc1ccccc1-c1ccncc1. The molecule has 0 aliphatic carbocycles. The summed E-state index contributed by atoms with van der Waals surface area (Å²) in [5.41, 5.74) is 29.1. The van der Waals surface area contributed by atoms with E-state index in [2.05, 4.69) is 271 Å². The van der Waals surface area contributed by atoms with Gasteiger partial charge in [-0.25, -0.2) is 4.39 Å². The van der Waals surface area contributed by atoms with Gasteiger partial charge < -0.3 is 0 Å². The van der Waals surface area contributed by atoms with Crippen LogP contribution in [0.15, 0.2) is 390 Å². The minimum atomic E-state index is -0.194. The van der Waals surface area contributed by atoms with Gasteiger partial charge in [0.05, 0.1) is 5.69 Å². The average Bonchev–Trinajstić information content (AvgIpc) is 0.952. The van der Waals surface area contributed by atoms with Gasteiger partial charge in [-0.05, 0) is 218 Å². The molecule has 0 aliphatic heterocycles. The standard InChI is InChI=1S/C13H11F.7C12H11N/c1-10-2-4-11(5-3-10)12-6-8-13(14)9-7-12;1-10-2-4-11(5-3-10)12-6-8-13-9-7-12;1-10-4-2-5-11(8-10)12-6-3-7-13-9-12;1-10-4-6-11(7-5-10)12-3-2-8-13-9-12;1-10-5-2-3-7-12(10)11-6-4-8-13-9-11;1-10-3-2-4-12(9-10)11-5-7-13-8-6-11;1-10-6-5-9-12(13-10)11-7-3-2-4-8-11;1-10-4-2-3-5-12(10)11-6-8-13-9-7-11/h2-9H,1H3;7*2-9H,1H3. The van der Waals surface area contributed by atoms with Crippen molar-refractivity contribution in [1.82, 2.24) is 34.9 Å². The van der Waals surface area contributed by atoms with Crippen LogP contribution in [0, 0.1) is 61.2 Å². The van der Waals surface area contributed by atoms with E-state index in [0.29, 0.717) is 0 Å². The van der Waals surface area contributed by atoms with E-state index in [1.807, 2.05) is 166 Å². The fraction of sp³-hybridized carbons (Fsp3) is 0.0825. The van der Waals surface area contributed by atoms with Gasteiger partial charge in [-0.2, -0.15) is 0 Å². The highest BCUT2D eigenvalue weighted by Gasteiger charge is 2.04. The third kappa shape index (κ3) is 25.8. The average molecular weight is 1370 g/mol. The summed E-state index contributed by atoms with van der Waals surface area (Å²) < 4.78 is 12.7. The van der Waals surface area contributed by atoms with Crippen molar-refractivity contribution in [2.24, 2.45) is 0 Å². The Hall–Kier alpha value is -13.0. The van der Waals surface area contributed by atoms with Crippen molar-refractivity contribution in [3.63, 3.8) is 0 Å². The van der Waals surface area contributed by atoms with Gasteiger partial charge in [-0.15, -0.1) is 0 Å². The zero-order valence-electron chi connectivity index (χ0n) is 61.0. The molecule has 16 rings (SSSR count). The molecule has 7 heterocycles. The Morgan fingerprint density at radius 3 is 0.933 bits per heavy atom. The summed E-state index contributed by atoms with van der Waals surface area (Å²) in [6.07, 6.45) is 21.9. The normalized spacial score (nSPS) is 9.95. The van der Waals surface area contributed by atoms with Crippen LogP contribution in [0.1, 0.15) is 44.6 Å². The van der Waals surface area contributed by atoms with Crippen molar-refractivity contribution in [2.45, 2.75) is 55.4 Å². The molecule has 16 aromatic rings. The molecule has 8 heteroatoms. The van der Waals surface area contributed by atoms with Gasteiger partial charge in [0.25, 0.3) is 0 Å². The second-order valence-electron chi connectivity index (χ2n) is 24.9. The molecule has 518 valence electrons. The van der Waals surface area contributed by atoms with Crippen molar-refractivity contribution in [2.75, 3.05) is 0 Å². The number of aryl methyl sites for hydroxylation is 8. The molecular formula is C97H88FN7. The van der Waals surface area contributed by atoms with Crippen LogP contribution in [0.4, 0.5) is 4.39 Å². The second kappa shape index (κ2) is 41.6. The molecule has 9 aromatic carbocycles. The van der Waals surface area contributed by atoms with Crippen LogP contribution in [-0.4, -0.2) is 34.9 Å². The molecule has 0 bridgehead atoms. The van der Waals surface area contributed by atoms with E-state index in [4.69, 9.17) is 0 Å². The zero-order valence-corrected chi connectivity index (χ0v) is 61.0. The summed E-state index contributed by atoms with van der Waals surface area (Å²) in [7, 11) is 0. The monoisotopic (exact) mass is 1370 g/mol. The number of rotatable bonds is 8. The minimum Gasteiger partial charge on any atom is -0.265 e. The third-order valence-corrected chi connectivity index (χ3v) is 16.6. The first kappa shape index (κ1) is 76.1. The quantitative estimate of drug-likeness (QED) is 0.150. The molecule has 0 spiro atoms. The van der Waals surface area contributed by atoms with Gasteiger partial charge in [-0.1, -0.05) is 264 Å². The summed E-state index contributed by atoms with van der Waals surface area (Å²) in [6.45, 7) is 16.7. The van der Waals surface area contributed by atoms with Crippen molar-refractivity contribution >= 4 is 0 Å². The number of aromatic nitrogens is 7. The van der Waals surface area contributed by atoms with Gasteiger partial charge in [0.1, 0.15) is 5.82 Å². The maximum atomic E-state index is 12.7. The molecule has 0 saturated heterocycles. The Balaban J connectivity index is 0.000000139. The lowest BCUT2D eigenvalue weighted by atomic mass is 10.0. The molecule has 0 atom stereocenters. The van der Waals surface area contributed by atoms with E-state index in [1.165, 1.54) is 123 Å². The van der Waals surface area contributed by atoms with Crippen LogP contribution in [0.5, 0.6) is 0 Å². The Morgan fingerprint density at radius 1 is 0.200 bits per heavy atom.